The van der Waals surface area contributed by atoms with E-state index in [0.29, 0.717) is 23.3 Å². The van der Waals surface area contributed by atoms with Crippen molar-refractivity contribution in [2.75, 3.05) is 28.4 Å². The van der Waals surface area contributed by atoms with E-state index in [1.165, 1.54) is 0 Å². The lowest BCUT2D eigenvalue weighted by molar-refractivity contribution is 0.324. The molecule has 100 valence electrons. The molecule has 1 aromatic carbocycles. The predicted molar refractivity (Wildman–Crippen MR) is 73.7 cm³/mol. The molecule has 0 spiro atoms. The molecule has 0 amide bonds. The van der Waals surface area contributed by atoms with Crippen LogP contribution >= 0.6 is 0 Å². The molecule has 1 rings (SSSR count). The Kier molecular flexibility index (Phi) is 5.52. The quantitative estimate of drug-likeness (QED) is 0.842. The summed E-state index contributed by atoms with van der Waals surface area (Å²) < 4.78 is 16.0. The van der Waals surface area contributed by atoms with Crippen LogP contribution in [-0.4, -0.2) is 34.4 Å². The van der Waals surface area contributed by atoms with Gasteiger partial charge in [0.1, 0.15) is 0 Å². The molecule has 1 N–H and O–H groups in total. The molecule has 0 radical (unpaired) electrons. The summed E-state index contributed by atoms with van der Waals surface area (Å²) in [6.07, 6.45) is 4.06. The summed E-state index contributed by atoms with van der Waals surface area (Å²) in [5.74, 6) is 1.95. The highest BCUT2D eigenvalue weighted by Crippen LogP contribution is 2.40. The van der Waals surface area contributed by atoms with E-state index in [9.17, 15) is 0 Å². The second kappa shape index (κ2) is 6.91. The Balaban J connectivity index is 3.16. The number of benzene rings is 1. The summed E-state index contributed by atoms with van der Waals surface area (Å²) in [6, 6.07) is 4.10. The number of methoxy groups -OCH3 is 3. The van der Waals surface area contributed by atoms with Crippen molar-refractivity contribution < 1.29 is 14.2 Å². The zero-order chi connectivity index (χ0) is 13.5. The van der Waals surface area contributed by atoms with Gasteiger partial charge in [0.05, 0.1) is 21.3 Å². The van der Waals surface area contributed by atoms with Gasteiger partial charge in [-0.3, -0.25) is 0 Å². The van der Waals surface area contributed by atoms with Crippen molar-refractivity contribution in [1.29, 1.82) is 0 Å². The van der Waals surface area contributed by atoms with E-state index < -0.39 is 0 Å². The zero-order valence-corrected chi connectivity index (χ0v) is 11.6. The van der Waals surface area contributed by atoms with Gasteiger partial charge in [-0.05, 0) is 26.1 Å². The van der Waals surface area contributed by atoms with Gasteiger partial charge in [-0.15, -0.1) is 0 Å². The van der Waals surface area contributed by atoms with Crippen LogP contribution in [0.15, 0.2) is 18.2 Å². The van der Waals surface area contributed by atoms with Crippen LogP contribution in [0.5, 0.6) is 17.2 Å². The van der Waals surface area contributed by atoms with Crippen molar-refractivity contribution in [3.8, 4) is 17.2 Å². The predicted octanol–water partition coefficient (Wildman–Crippen LogP) is 2.33. The molecule has 0 bridgehead atoms. The SMILES string of the molecule is CNC(C)/C=C/c1ccc(OC)c(OC)c1OC. The summed E-state index contributed by atoms with van der Waals surface area (Å²) in [4.78, 5) is 0. The minimum Gasteiger partial charge on any atom is -0.493 e. The number of ether oxygens (including phenoxy) is 3. The molecule has 0 aromatic heterocycles. The van der Waals surface area contributed by atoms with Crippen LogP contribution in [0.2, 0.25) is 0 Å². The van der Waals surface area contributed by atoms with E-state index in [0.717, 1.165) is 5.56 Å². The van der Waals surface area contributed by atoms with Crippen LogP contribution in [0.1, 0.15) is 12.5 Å². The molecule has 0 saturated heterocycles. The summed E-state index contributed by atoms with van der Waals surface area (Å²) in [7, 11) is 6.75. The van der Waals surface area contributed by atoms with E-state index >= 15 is 0 Å². The molecule has 0 aliphatic rings. The third-order valence-corrected chi connectivity index (χ3v) is 2.75. The molecule has 0 saturated carbocycles. The average molecular weight is 251 g/mol. The van der Waals surface area contributed by atoms with Crippen LogP contribution in [0.25, 0.3) is 6.08 Å². The number of rotatable bonds is 6. The van der Waals surface area contributed by atoms with Crippen molar-refractivity contribution in [2.45, 2.75) is 13.0 Å². The fourth-order valence-corrected chi connectivity index (χ4v) is 1.60. The second-order valence-corrected chi connectivity index (χ2v) is 3.86. The van der Waals surface area contributed by atoms with Crippen molar-refractivity contribution in [1.82, 2.24) is 5.32 Å². The summed E-state index contributed by atoms with van der Waals surface area (Å²) in [6.45, 7) is 2.07. The van der Waals surface area contributed by atoms with Crippen LogP contribution in [0.3, 0.4) is 0 Å². The first kappa shape index (κ1) is 14.4. The van der Waals surface area contributed by atoms with Gasteiger partial charge >= 0.3 is 0 Å². The zero-order valence-electron chi connectivity index (χ0n) is 11.6. The maximum Gasteiger partial charge on any atom is 0.203 e. The Bertz CT molecular complexity index is 416. The van der Waals surface area contributed by atoms with Gasteiger partial charge < -0.3 is 19.5 Å². The van der Waals surface area contributed by atoms with Crippen LogP contribution < -0.4 is 19.5 Å². The third kappa shape index (κ3) is 3.17. The molecular formula is C14H21NO3. The fraction of sp³-hybridized carbons (Fsp3) is 0.429. The van der Waals surface area contributed by atoms with Gasteiger partial charge in [0.25, 0.3) is 0 Å². The number of nitrogens with one attached hydrogen (secondary N) is 1. The van der Waals surface area contributed by atoms with Gasteiger partial charge in [0.2, 0.25) is 5.75 Å². The topological polar surface area (TPSA) is 39.7 Å². The van der Waals surface area contributed by atoms with Gasteiger partial charge in [-0.1, -0.05) is 12.2 Å². The highest BCUT2D eigenvalue weighted by atomic mass is 16.5. The van der Waals surface area contributed by atoms with Crippen molar-refractivity contribution in [3.63, 3.8) is 0 Å². The maximum absolute atomic E-state index is 5.40. The van der Waals surface area contributed by atoms with Gasteiger partial charge in [0.15, 0.2) is 11.5 Å². The van der Waals surface area contributed by atoms with Crippen molar-refractivity contribution >= 4 is 6.08 Å². The van der Waals surface area contributed by atoms with Crippen LogP contribution in [0, 0.1) is 0 Å². The molecule has 18 heavy (non-hydrogen) atoms. The molecule has 4 heteroatoms. The highest BCUT2D eigenvalue weighted by molar-refractivity contribution is 5.66. The minimum atomic E-state index is 0.294. The molecule has 1 atom stereocenters. The first-order valence-electron chi connectivity index (χ1n) is 5.82. The van der Waals surface area contributed by atoms with E-state index in [1.807, 2.05) is 25.3 Å². The number of hydrogen-bond donors (Lipinski definition) is 1. The smallest absolute Gasteiger partial charge is 0.203 e. The summed E-state index contributed by atoms with van der Waals surface area (Å²) in [5, 5.41) is 3.14. The monoisotopic (exact) mass is 251 g/mol. The molecule has 1 aromatic rings. The maximum atomic E-state index is 5.40. The Labute approximate surface area is 109 Å². The minimum absolute atomic E-state index is 0.294. The highest BCUT2D eigenvalue weighted by Gasteiger charge is 2.13. The molecule has 4 nitrogen and oxygen atoms in total. The lowest BCUT2D eigenvalue weighted by atomic mass is 10.1. The van der Waals surface area contributed by atoms with Gasteiger partial charge in [0, 0.05) is 11.6 Å². The lowest BCUT2D eigenvalue weighted by Crippen LogP contribution is -2.17. The van der Waals surface area contributed by atoms with E-state index in [1.54, 1.807) is 21.3 Å². The third-order valence-electron chi connectivity index (χ3n) is 2.75. The average Bonchev–Trinajstić information content (AvgIpc) is 2.43. The van der Waals surface area contributed by atoms with Gasteiger partial charge in [-0.2, -0.15) is 0 Å². The molecule has 0 aliphatic carbocycles. The number of hydrogen-bond acceptors (Lipinski definition) is 4. The largest absolute Gasteiger partial charge is 0.493 e. The Morgan fingerprint density at radius 1 is 1.06 bits per heavy atom. The van der Waals surface area contributed by atoms with E-state index in [-0.39, 0.29) is 0 Å². The fourth-order valence-electron chi connectivity index (χ4n) is 1.60. The van der Waals surface area contributed by atoms with Crippen LogP contribution in [-0.2, 0) is 0 Å². The molecule has 1 unspecified atom stereocenters. The van der Waals surface area contributed by atoms with E-state index in [2.05, 4.69) is 18.3 Å². The number of likely N-dealkylation sites (N-methyl/N-ethyl adjacent to an activating group) is 1. The Morgan fingerprint density at radius 2 is 1.72 bits per heavy atom. The van der Waals surface area contributed by atoms with Crippen LogP contribution in [0.4, 0.5) is 0 Å². The molecule has 0 fully saturated rings. The Morgan fingerprint density at radius 3 is 2.22 bits per heavy atom. The Hall–Kier alpha value is -1.68. The molecule has 0 heterocycles. The second-order valence-electron chi connectivity index (χ2n) is 3.86. The summed E-state index contributed by atoms with van der Waals surface area (Å²) in [5.41, 5.74) is 0.956. The van der Waals surface area contributed by atoms with E-state index in [4.69, 9.17) is 14.2 Å². The lowest BCUT2D eigenvalue weighted by Gasteiger charge is -2.14. The normalized spacial score (nSPS) is 12.5. The van der Waals surface area contributed by atoms with Gasteiger partial charge in [-0.25, -0.2) is 0 Å². The first-order valence-corrected chi connectivity index (χ1v) is 5.82. The van der Waals surface area contributed by atoms with Crippen molar-refractivity contribution in [2.24, 2.45) is 0 Å². The standard InChI is InChI=1S/C14H21NO3/c1-10(15-2)6-7-11-8-9-12(16-3)14(18-5)13(11)17-4/h6-10,15H,1-5H3/b7-6+. The first-order chi connectivity index (χ1) is 8.67. The molecule has 0 aliphatic heterocycles. The summed E-state index contributed by atoms with van der Waals surface area (Å²) >= 11 is 0. The van der Waals surface area contributed by atoms with Crippen molar-refractivity contribution in [3.05, 3.63) is 23.8 Å². The molecular weight excluding hydrogens is 230 g/mol.